The number of phenols is 14. The van der Waals surface area contributed by atoms with Gasteiger partial charge >= 0.3 is 35.1 Å². The lowest BCUT2D eigenvalue weighted by Crippen LogP contribution is -2.62. The van der Waals surface area contributed by atoms with Crippen LogP contribution in [0.4, 0.5) is 0 Å². The van der Waals surface area contributed by atoms with Crippen molar-refractivity contribution in [2.45, 2.75) is 30.7 Å². The van der Waals surface area contributed by atoms with Gasteiger partial charge in [0.1, 0.15) is 29.2 Å². The first-order valence-corrected chi connectivity index (χ1v) is 21.5. The Labute approximate surface area is 420 Å². The highest BCUT2D eigenvalue weighted by Gasteiger charge is 2.54. The van der Waals surface area contributed by atoms with E-state index in [9.17, 15) is 105 Å². The normalized spacial score (nSPS) is 18.4. The molecular formula is C48H30O29. The molecule has 77 heavy (non-hydrogen) atoms. The Morgan fingerprint density at radius 1 is 0.532 bits per heavy atom. The molecule has 29 heteroatoms. The van der Waals surface area contributed by atoms with Crippen molar-refractivity contribution in [1.82, 2.24) is 0 Å². The Bertz CT molecular complexity index is 4020. The molecule has 1 fully saturated rings. The Morgan fingerprint density at radius 3 is 1.75 bits per heavy atom. The van der Waals surface area contributed by atoms with E-state index in [0.29, 0.717) is 36.4 Å². The fourth-order valence-corrected chi connectivity index (χ4v) is 8.68. The van der Waals surface area contributed by atoms with Crippen LogP contribution in [-0.2, 0) is 23.7 Å². The maximum Gasteiger partial charge on any atom is 0.348 e. The van der Waals surface area contributed by atoms with Gasteiger partial charge in [0, 0.05) is 34.0 Å². The number of cyclic esters (lactones) is 1. The van der Waals surface area contributed by atoms with Gasteiger partial charge in [-0.2, -0.15) is 0 Å². The second-order valence-corrected chi connectivity index (χ2v) is 16.8. The van der Waals surface area contributed by atoms with Gasteiger partial charge < -0.3 is 114 Å². The molecule has 4 heterocycles. The van der Waals surface area contributed by atoms with Crippen LogP contribution < -0.4 is 16.0 Å². The molecule has 0 saturated carbocycles. The van der Waals surface area contributed by atoms with Gasteiger partial charge in [-0.15, -0.1) is 0 Å². The van der Waals surface area contributed by atoms with E-state index in [-0.39, 0.29) is 10.8 Å². The van der Waals surface area contributed by atoms with Gasteiger partial charge in [-0.3, -0.25) is 0 Å². The predicted octanol–water partition coefficient (Wildman–Crippen LogP) is 2.69. The Hall–Kier alpha value is -10.9. The number of ether oxygens (including phenoxy) is 6. The molecule has 8 aromatic rings. The molecular weight excluding hydrogens is 1040 g/mol. The van der Waals surface area contributed by atoms with E-state index in [4.69, 9.17) is 37.3 Å². The first-order valence-electron chi connectivity index (χ1n) is 21.5. The minimum atomic E-state index is -2.63. The average molecular weight is 1070 g/mol. The second kappa shape index (κ2) is 17.6. The summed E-state index contributed by atoms with van der Waals surface area (Å²) in [6.45, 7) is -1.21. The molecule has 15 N–H and O–H groups in total. The van der Waals surface area contributed by atoms with Crippen LogP contribution in [0.25, 0.3) is 43.8 Å². The third-order valence-corrected chi connectivity index (χ3v) is 12.3. The van der Waals surface area contributed by atoms with Crippen molar-refractivity contribution >= 4 is 56.6 Å². The van der Waals surface area contributed by atoms with Gasteiger partial charge in [0.25, 0.3) is 0 Å². The summed E-state index contributed by atoms with van der Waals surface area (Å²) in [7, 11) is 0. The maximum atomic E-state index is 14.5. The van der Waals surface area contributed by atoms with E-state index in [1.54, 1.807) is 0 Å². The number of fused-ring (bicyclic) bond motifs is 4. The van der Waals surface area contributed by atoms with E-state index >= 15 is 0 Å². The van der Waals surface area contributed by atoms with Crippen LogP contribution in [0.2, 0.25) is 0 Å². The number of aliphatic hydroxyl groups is 1. The highest BCUT2D eigenvalue weighted by Crippen LogP contribution is 2.54. The largest absolute Gasteiger partial charge is 0.504 e. The number of rotatable bonds is 6. The summed E-state index contributed by atoms with van der Waals surface area (Å²) in [4.78, 5) is 83.1. The molecule has 5 atom stereocenters. The Balaban J connectivity index is 1.08. The number of phenolic OH excluding ortho intramolecular Hbond substituents is 14. The number of carbonyl (C=O) groups excluding carboxylic acids is 4. The summed E-state index contributed by atoms with van der Waals surface area (Å²) in [6.07, 6.45) is -12.2. The topological polar surface area (TPSA) is 488 Å². The number of aliphatic hydroxyl groups excluding tert-OH is 1. The molecule has 0 bridgehead atoms. The van der Waals surface area contributed by atoms with Gasteiger partial charge in [0.15, 0.2) is 99.2 Å². The first kappa shape index (κ1) is 49.6. The monoisotopic (exact) mass is 1070 g/mol. The average Bonchev–Trinajstić information content (AvgIpc) is 3.54. The summed E-state index contributed by atoms with van der Waals surface area (Å²) in [5, 5.41) is 158. The van der Waals surface area contributed by atoms with Crippen molar-refractivity contribution in [3.8, 4) is 103 Å². The molecule has 29 nitrogen and oxygen atoms in total. The molecule has 0 amide bonds. The van der Waals surface area contributed by atoms with Crippen molar-refractivity contribution in [3.05, 3.63) is 91.6 Å². The molecule has 396 valence electrons. The lowest BCUT2D eigenvalue weighted by Gasteiger charge is -2.42. The molecule has 6 aromatic carbocycles. The summed E-state index contributed by atoms with van der Waals surface area (Å²) in [5.41, 5.74) is -9.89. The molecule has 0 spiro atoms. The summed E-state index contributed by atoms with van der Waals surface area (Å²) in [5.74, 6) is -25.8. The zero-order chi connectivity index (χ0) is 55.5. The number of hydrogen-bond acceptors (Lipinski definition) is 29. The quantitative estimate of drug-likeness (QED) is 0.0374. The van der Waals surface area contributed by atoms with E-state index in [1.807, 2.05) is 0 Å². The maximum absolute atomic E-state index is 14.5. The minimum Gasteiger partial charge on any atom is -0.504 e. The van der Waals surface area contributed by atoms with E-state index in [2.05, 4.69) is 0 Å². The fraction of sp³-hybridized carbons (Fsp3) is 0.125. The van der Waals surface area contributed by atoms with Crippen molar-refractivity contribution in [2.75, 3.05) is 6.61 Å². The standard InChI is InChI=1S/C48H30O29/c49-15-2-1-11(37(33(15)59)71-22-7-14-26-27-21(72-45(14)66)8-20(54)30(56)28(27)47(68)75-39(26)34(22)60)44(65)77-41-40(76-42(63)10-3-16(50)29(55)17(51)4-10)38-23(73-48(41)69)9-70-43(64)12-5-18(52)31(57)35(61)24(12)25-13(46(67)74-38)6-19(53)32(58)36(25)62/h1-8,23,38,40-41,48-62,69H,9H2/t23-,38-,40+,41-,48?/m1/s1. The van der Waals surface area contributed by atoms with E-state index < -0.39 is 220 Å². The summed E-state index contributed by atoms with van der Waals surface area (Å²) in [6, 6.07) is 4.88. The van der Waals surface area contributed by atoms with Crippen LogP contribution in [0, 0.1) is 0 Å². The van der Waals surface area contributed by atoms with Gasteiger partial charge in [-0.25, -0.2) is 28.8 Å². The molecule has 1 unspecified atom stereocenters. The number of esters is 4. The highest BCUT2D eigenvalue weighted by molar-refractivity contribution is 6.22. The van der Waals surface area contributed by atoms with Gasteiger partial charge in [0.05, 0.1) is 22.1 Å². The lowest BCUT2D eigenvalue weighted by atomic mass is 9.92. The minimum absolute atomic E-state index is 0.322. The van der Waals surface area contributed by atoms with Gasteiger partial charge in [0.2, 0.25) is 23.0 Å². The lowest BCUT2D eigenvalue weighted by molar-refractivity contribution is -0.284. The van der Waals surface area contributed by atoms with Crippen LogP contribution in [0.3, 0.4) is 0 Å². The predicted molar refractivity (Wildman–Crippen MR) is 244 cm³/mol. The van der Waals surface area contributed by atoms with Crippen LogP contribution in [0.5, 0.6) is 92.0 Å². The van der Waals surface area contributed by atoms with Crippen LogP contribution in [0.15, 0.2) is 67.0 Å². The first-order chi connectivity index (χ1) is 36.4. The number of hydrogen-bond donors (Lipinski definition) is 15. The molecule has 2 aromatic heterocycles. The molecule has 0 radical (unpaired) electrons. The third kappa shape index (κ3) is 7.72. The molecule has 10 rings (SSSR count). The molecule has 2 aliphatic rings. The summed E-state index contributed by atoms with van der Waals surface area (Å²) < 4.78 is 43.9. The zero-order valence-electron chi connectivity index (χ0n) is 37.6. The Morgan fingerprint density at radius 2 is 1.12 bits per heavy atom. The van der Waals surface area contributed by atoms with Crippen molar-refractivity contribution in [3.63, 3.8) is 0 Å². The third-order valence-electron chi connectivity index (χ3n) is 12.3. The number of benzene rings is 6. The molecule has 0 aliphatic carbocycles. The SMILES string of the molecule is O=C(O[C@H]1[C@@H]2OC(=O)c3cc(O)c(O)c(O)c3-c3c(cc(O)c(O)c3O)C(=O)OC[C@H]2OC(O)[C@@H]1OC(=O)c1ccc(O)c(O)c1Oc1cc2c(=O)oc3cc(O)c(O)c4c(=O)oc(c1O)c2c34)c1cc(O)c(O)c(O)c1. The Kier molecular flexibility index (Phi) is 11.4. The second-order valence-electron chi connectivity index (χ2n) is 16.8. The van der Waals surface area contributed by atoms with Gasteiger partial charge in [-0.1, -0.05) is 0 Å². The number of carbonyl (C=O) groups is 4. The molecule has 1 saturated heterocycles. The molecule has 2 aliphatic heterocycles. The van der Waals surface area contributed by atoms with E-state index in [0.717, 1.165) is 12.1 Å². The highest BCUT2D eigenvalue weighted by atomic mass is 16.7. The van der Waals surface area contributed by atoms with E-state index in [1.165, 1.54) is 0 Å². The number of aromatic hydroxyl groups is 14. The van der Waals surface area contributed by atoms with Crippen LogP contribution in [0.1, 0.15) is 41.4 Å². The van der Waals surface area contributed by atoms with Crippen molar-refractivity contribution in [1.29, 1.82) is 0 Å². The van der Waals surface area contributed by atoms with Crippen molar-refractivity contribution < 1.29 is 133 Å². The van der Waals surface area contributed by atoms with Crippen LogP contribution >= 0.6 is 0 Å². The van der Waals surface area contributed by atoms with Gasteiger partial charge in [-0.05, 0) is 36.4 Å². The fourth-order valence-electron chi connectivity index (χ4n) is 8.68. The van der Waals surface area contributed by atoms with Crippen molar-refractivity contribution in [2.24, 2.45) is 0 Å². The summed E-state index contributed by atoms with van der Waals surface area (Å²) >= 11 is 0. The van der Waals surface area contributed by atoms with Crippen LogP contribution in [-0.4, -0.2) is 138 Å². The zero-order valence-corrected chi connectivity index (χ0v) is 37.6. The smallest absolute Gasteiger partial charge is 0.348 e.